The van der Waals surface area contributed by atoms with Crippen LogP contribution in [-0.4, -0.2) is 40.6 Å². The van der Waals surface area contributed by atoms with Gasteiger partial charge in [0.1, 0.15) is 5.52 Å². The fourth-order valence-electron chi connectivity index (χ4n) is 2.76. The van der Waals surface area contributed by atoms with Gasteiger partial charge in [-0.25, -0.2) is 4.98 Å². The van der Waals surface area contributed by atoms with Crippen LogP contribution in [0.15, 0.2) is 22.6 Å². The van der Waals surface area contributed by atoms with Gasteiger partial charge in [0.15, 0.2) is 11.5 Å². The predicted octanol–water partition coefficient (Wildman–Crippen LogP) is 2.40. The van der Waals surface area contributed by atoms with Crippen LogP contribution in [0.4, 0.5) is 0 Å². The molecule has 1 aliphatic rings. The zero-order chi connectivity index (χ0) is 14.1. The van der Waals surface area contributed by atoms with Crippen LogP contribution in [0.1, 0.15) is 30.2 Å². The average molecular weight is 274 g/mol. The zero-order valence-electron chi connectivity index (χ0n) is 11.5. The highest BCUT2D eigenvalue weighted by Gasteiger charge is 2.25. The normalized spacial score (nSPS) is 17.6. The molecular formula is C15H18N2O3. The van der Waals surface area contributed by atoms with Crippen LogP contribution in [0.5, 0.6) is 0 Å². The SMILES string of the molecule is Cc1ccc2oc(C3CCN(CC(=O)O)CC3)nc2c1. The van der Waals surface area contributed by atoms with Gasteiger partial charge in [-0.15, -0.1) is 0 Å². The minimum atomic E-state index is -0.763. The van der Waals surface area contributed by atoms with E-state index in [0.29, 0.717) is 5.92 Å². The molecule has 0 atom stereocenters. The Bertz CT molecular complexity index is 627. The summed E-state index contributed by atoms with van der Waals surface area (Å²) in [6.45, 7) is 3.74. The van der Waals surface area contributed by atoms with Crippen LogP contribution in [0, 0.1) is 6.92 Å². The number of aryl methyl sites for hydroxylation is 1. The van der Waals surface area contributed by atoms with Gasteiger partial charge >= 0.3 is 5.97 Å². The number of fused-ring (bicyclic) bond motifs is 1. The minimum absolute atomic E-state index is 0.124. The standard InChI is InChI=1S/C15H18N2O3/c1-10-2-3-13-12(8-10)16-15(20-13)11-4-6-17(7-5-11)9-14(18)19/h2-3,8,11H,4-7,9H2,1H3,(H,18,19). The van der Waals surface area contributed by atoms with Gasteiger partial charge in [0.05, 0.1) is 6.54 Å². The van der Waals surface area contributed by atoms with Gasteiger partial charge in [-0.2, -0.15) is 0 Å². The lowest BCUT2D eigenvalue weighted by Gasteiger charge is -2.28. The van der Waals surface area contributed by atoms with Gasteiger partial charge in [0.2, 0.25) is 0 Å². The van der Waals surface area contributed by atoms with E-state index in [4.69, 9.17) is 9.52 Å². The van der Waals surface area contributed by atoms with E-state index in [1.54, 1.807) is 0 Å². The van der Waals surface area contributed by atoms with E-state index in [1.807, 2.05) is 30.0 Å². The summed E-state index contributed by atoms with van der Waals surface area (Å²) >= 11 is 0. The zero-order valence-corrected chi connectivity index (χ0v) is 11.5. The second-order valence-electron chi connectivity index (χ2n) is 5.47. The van der Waals surface area contributed by atoms with Gasteiger partial charge in [-0.3, -0.25) is 9.69 Å². The lowest BCUT2D eigenvalue weighted by molar-refractivity contribution is -0.138. The molecule has 0 radical (unpaired) electrons. The Morgan fingerprint density at radius 2 is 2.20 bits per heavy atom. The maximum absolute atomic E-state index is 10.7. The van der Waals surface area contributed by atoms with Crippen molar-refractivity contribution in [2.75, 3.05) is 19.6 Å². The van der Waals surface area contributed by atoms with E-state index < -0.39 is 5.97 Å². The summed E-state index contributed by atoms with van der Waals surface area (Å²) in [4.78, 5) is 17.2. The Kier molecular flexibility index (Phi) is 3.44. The number of oxazole rings is 1. The van der Waals surface area contributed by atoms with Crippen molar-refractivity contribution >= 4 is 17.1 Å². The number of likely N-dealkylation sites (tertiary alicyclic amines) is 1. The number of nitrogens with zero attached hydrogens (tertiary/aromatic N) is 2. The molecule has 3 rings (SSSR count). The number of carboxylic acids is 1. The van der Waals surface area contributed by atoms with E-state index >= 15 is 0 Å². The van der Waals surface area contributed by atoms with Crippen LogP contribution in [0.3, 0.4) is 0 Å². The largest absolute Gasteiger partial charge is 0.480 e. The third kappa shape index (κ3) is 2.67. The Morgan fingerprint density at radius 1 is 1.45 bits per heavy atom. The molecule has 5 heteroatoms. The molecule has 2 aromatic rings. The first-order valence-electron chi connectivity index (χ1n) is 6.93. The number of benzene rings is 1. The molecule has 0 unspecified atom stereocenters. The first-order valence-corrected chi connectivity index (χ1v) is 6.93. The number of piperidine rings is 1. The van der Waals surface area contributed by atoms with Crippen molar-refractivity contribution in [1.82, 2.24) is 9.88 Å². The molecule has 20 heavy (non-hydrogen) atoms. The number of hydrogen-bond donors (Lipinski definition) is 1. The molecule has 0 spiro atoms. The molecule has 0 saturated carbocycles. The third-order valence-electron chi connectivity index (χ3n) is 3.86. The van der Waals surface area contributed by atoms with Crippen LogP contribution in [0.2, 0.25) is 0 Å². The highest BCUT2D eigenvalue weighted by Crippen LogP contribution is 2.30. The van der Waals surface area contributed by atoms with Crippen LogP contribution >= 0.6 is 0 Å². The molecular weight excluding hydrogens is 256 g/mol. The van der Waals surface area contributed by atoms with E-state index in [-0.39, 0.29) is 6.54 Å². The van der Waals surface area contributed by atoms with Gasteiger partial charge in [-0.05, 0) is 50.6 Å². The molecule has 1 saturated heterocycles. The monoisotopic (exact) mass is 274 g/mol. The minimum Gasteiger partial charge on any atom is -0.480 e. The summed E-state index contributed by atoms with van der Waals surface area (Å²) in [6, 6.07) is 6.01. The van der Waals surface area contributed by atoms with E-state index in [0.717, 1.165) is 42.9 Å². The topological polar surface area (TPSA) is 66.6 Å². The summed E-state index contributed by atoms with van der Waals surface area (Å²) in [5.41, 5.74) is 2.92. The number of hydrogen-bond acceptors (Lipinski definition) is 4. The Labute approximate surface area is 117 Å². The maximum Gasteiger partial charge on any atom is 0.317 e. The van der Waals surface area contributed by atoms with Crippen molar-refractivity contribution in [3.8, 4) is 0 Å². The van der Waals surface area contributed by atoms with Crippen molar-refractivity contribution in [1.29, 1.82) is 0 Å². The lowest BCUT2D eigenvalue weighted by Crippen LogP contribution is -2.36. The first kappa shape index (κ1) is 13.1. The number of carbonyl (C=O) groups is 1. The highest BCUT2D eigenvalue weighted by molar-refractivity contribution is 5.73. The van der Waals surface area contributed by atoms with Crippen molar-refractivity contribution in [2.24, 2.45) is 0 Å². The van der Waals surface area contributed by atoms with Crippen molar-refractivity contribution in [3.05, 3.63) is 29.7 Å². The molecule has 106 valence electrons. The Morgan fingerprint density at radius 3 is 2.90 bits per heavy atom. The second kappa shape index (κ2) is 5.25. The van der Waals surface area contributed by atoms with Crippen molar-refractivity contribution in [2.45, 2.75) is 25.7 Å². The first-order chi connectivity index (χ1) is 9.61. The molecule has 1 N–H and O–H groups in total. The smallest absolute Gasteiger partial charge is 0.317 e. The number of aliphatic carboxylic acids is 1. The third-order valence-corrected chi connectivity index (χ3v) is 3.86. The van der Waals surface area contributed by atoms with E-state index in [9.17, 15) is 4.79 Å². The second-order valence-corrected chi connectivity index (χ2v) is 5.47. The van der Waals surface area contributed by atoms with E-state index in [2.05, 4.69) is 4.98 Å². The fraction of sp³-hybridized carbons (Fsp3) is 0.467. The molecule has 2 heterocycles. The summed E-state index contributed by atoms with van der Waals surface area (Å²) in [5.74, 6) is 0.328. The lowest BCUT2D eigenvalue weighted by atomic mass is 9.97. The molecule has 1 fully saturated rings. The Balaban J connectivity index is 1.71. The molecule has 0 aliphatic carbocycles. The van der Waals surface area contributed by atoms with Gasteiger partial charge < -0.3 is 9.52 Å². The maximum atomic E-state index is 10.7. The van der Waals surface area contributed by atoms with E-state index in [1.165, 1.54) is 5.56 Å². The van der Waals surface area contributed by atoms with Crippen LogP contribution in [0.25, 0.3) is 11.1 Å². The number of aromatic nitrogens is 1. The molecule has 1 aromatic carbocycles. The molecule has 1 aromatic heterocycles. The molecule has 1 aliphatic heterocycles. The number of carboxylic acid groups (broad SMARTS) is 1. The molecule has 0 amide bonds. The predicted molar refractivity (Wildman–Crippen MR) is 74.8 cm³/mol. The summed E-state index contributed by atoms with van der Waals surface area (Å²) in [7, 11) is 0. The highest BCUT2D eigenvalue weighted by atomic mass is 16.4. The van der Waals surface area contributed by atoms with Crippen LogP contribution < -0.4 is 0 Å². The van der Waals surface area contributed by atoms with Crippen LogP contribution in [-0.2, 0) is 4.79 Å². The summed E-state index contributed by atoms with van der Waals surface area (Å²) < 4.78 is 5.83. The number of rotatable bonds is 3. The summed E-state index contributed by atoms with van der Waals surface area (Å²) in [6.07, 6.45) is 1.80. The Hall–Kier alpha value is -1.88. The van der Waals surface area contributed by atoms with Crippen molar-refractivity contribution in [3.63, 3.8) is 0 Å². The van der Waals surface area contributed by atoms with Gasteiger partial charge in [-0.1, -0.05) is 6.07 Å². The molecule has 0 bridgehead atoms. The fourth-order valence-corrected chi connectivity index (χ4v) is 2.76. The van der Waals surface area contributed by atoms with Gasteiger partial charge in [0, 0.05) is 5.92 Å². The quantitative estimate of drug-likeness (QED) is 0.931. The summed E-state index contributed by atoms with van der Waals surface area (Å²) in [5, 5.41) is 8.80. The molecule has 5 nitrogen and oxygen atoms in total. The van der Waals surface area contributed by atoms with Crippen molar-refractivity contribution < 1.29 is 14.3 Å². The van der Waals surface area contributed by atoms with Gasteiger partial charge in [0.25, 0.3) is 0 Å². The average Bonchev–Trinajstić information content (AvgIpc) is 2.81.